The second-order valence-electron chi connectivity index (χ2n) is 10.2. The largest absolute Gasteiger partial charge is 0.455 e. The average molecular weight is 520 g/mol. The van der Waals surface area contributed by atoms with E-state index in [-0.39, 0.29) is 5.69 Å². The van der Waals surface area contributed by atoms with Gasteiger partial charge in [0.2, 0.25) is 0 Å². The summed E-state index contributed by atoms with van der Waals surface area (Å²) in [5.41, 5.74) is 4.31. The van der Waals surface area contributed by atoms with Crippen molar-refractivity contribution in [2.45, 2.75) is 27.2 Å². The summed E-state index contributed by atoms with van der Waals surface area (Å²) in [4.78, 5) is 12.8. The molecular formula is C29H39N6O3+. The molecule has 0 unspecified atom stereocenters. The molecule has 0 aliphatic heterocycles. The molecular weight excluding hydrogens is 480 g/mol. The molecule has 0 atom stereocenters. The number of nitro benzene ring substituents is 1. The topological polar surface area (TPSA) is 92.4 Å². The monoisotopic (exact) mass is 519 g/mol. The zero-order valence-electron chi connectivity index (χ0n) is 23.3. The number of anilines is 2. The normalized spacial score (nSPS) is 11.5. The summed E-state index contributed by atoms with van der Waals surface area (Å²) in [7, 11) is 6.61. The Morgan fingerprint density at radius 2 is 1.74 bits per heavy atom. The quantitative estimate of drug-likeness (QED) is 0.109. The number of rotatable bonds is 13. The Balaban J connectivity index is 1.93. The number of aryl methyl sites for hydroxylation is 1. The number of hydrogen-bond donors (Lipinski definition) is 1. The number of benzene rings is 3. The van der Waals surface area contributed by atoms with Gasteiger partial charge in [-0.2, -0.15) is 5.11 Å². The van der Waals surface area contributed by atoms with Crippen molar-refractivity contribution < 1.29 is 14.1 Å². The van der Waals surface area contributed by atoms with Crippen LogP contribution in [0.1, 0.15) is 25.8 Å². The highest BCUT2D eigenvalue weighted by atomic mass is 16.6. The van der Waals surface area contributed by atoms with Gasteiger partial charge in [0.1, 0.15) is 11.4 Å². The number of azo groups is 1. The molecule has 0 radical (unpaired) electrons. The van der Waals surface area contributed by atoms with Crippen LogP contribution in [0.15, 0.2) is 70.9 Å². The highest BCUT2D eigenvalue weighted by Crippen LogP contribution is 2.37. The van der Waals surface area contributed by atoms with Crippen LogP contribution in [-0.2, 0) is 0 Å². The summed E-state index contributed by atoms with van der Waals surface area (Å²) < 4.78 is 7.30. The Bertz CT molecular complexity index is 1250. The molecule has 3 aromatic carbocycles. The van der Waals surface area contributed by atoms with Gasteiger partial charge in [0, 0.05) is 61.7 Å². The Hall–Kier alpha value is -3.98. The second kappa shape index (κ2) is 13.0. The lowest BCUT2D eigenvalue weighted by Gasteiger charge is -2.28. The molecule has 0 aliphatic carbocycles. The summed E-state index contributed by atoms with van der Waals surface area (Å²) in [6.07, 6.45) is 1.07. The molecule has 9 nitrogen and oxygen atoms in total. The number of nitrogens with zero attached hydrogens (tertiary/aromatic N) is 5. The third kappa shape index (κ3) is 8.27. The molecule has 9 heteroatoms. The maximum Gasteiger partial charge on any atom is 0.269 e. The number of nitro groups is 1. The third-order valence-corrected chi connectivity index (χ3v) is 6.09. The number of ether oxygens (including phenoxy) is 1. The second-order valence-corrected chi connectivity index (χ2v) is 10.2. The fourth-order valence-corrected chi connectivity index (χ4v) is 3.99. The summed E-state index contributed by atoms with van der Waals surface area (Å²) >= 11 is 0. The van der Waals surface area contributed by atoms with Gasteiger partial charge in [-0.3, -0.25) is 10.1 Å². The van der Waals surface area contributed by atoms with Crippen molar-refractivity contribution in [3.05, 3.63) is 76.3 Å². The first-order valence-corrected chi connectivity index (χ1v) is 13.0. The molecule has 0 spiro atoms. The molecule has 0 heterocycles. The van der Waals surface area contributed by atoms with Gasteiger partial charge in [-0.15, -0.1) is 5.11 Å². The fourth-order valence-electron chi connectivity index (χ4n) is 3.99. The Labute approximate surface area is 225 Å². The predicted octanol–water partition coefficient (Wildman–Crippen LogP) is 7.47. The van der Waals surface area contributed by atoms with Crippen LogP contribution < -0.4 is 15.0 Å². The predicted molar refractivity (Wildman–Crippen MR) is 155 cm³/mol. The molecule has 3 aromatic rings. The van der Waals surface area contributed by atoms with E-state index in [2.05, 4.69) is 62.4 Å². The van der Waals surface area contributed by atoms with Gasteiger partial charge in [-0.05, 0) is 56.7 Å². The first kappa shape index (κ1) is 28.6. The molecule has 0 amide bonds. The van der Waals surface area contributed by atoms with Gasteiger partial charge < -0.3 is 19.4 Å². The minimum absolute atomic E-state index is 0.0121. The SMILES string of the molecule is CCNc1cc(Oc2cc(N(CC)CCC[N+](C)(C)C)ccc2/N=N/c2ccc([N+](=O)[O-])cc2)ccc1C. The van der Waals surface area contributed by atoms with Crippen molar-refractivity contribution in [3.8, 4) is 11.5 Å². The maximum atomic E-state index is 10.9. The lowest BCUT2D eigenvalue weighted by molar-refractivity contribution is -0.870. The van der Waals surface area contributed by atoms with Crippen molar-refractivity contribution in [1.82, 2.24) is 0 Å². The van der Waals surface area contributed by atoms with Crippen LogP contribution in [0.2, 0.25) is 0 Å². The Morgan fingerprint density at radius 3 is 2.37 bits per heavy atom. The molecule has 202 valence electrons. The summed E-state index contributed by atoms with van der Waals surface area (Å²) in [6, 6.07) is 17.9. The van der Waals surface area contributed by atoms with Crippen LogP contribution >= 0.6 is 0 Å². The molecule has 0 saturated heterocycles. The van der Waals surface area contributed by atoms with Gasteiger partial charge >= 0.3 is 0 Å². The molecule has 0 aliphatic rings. The van der Waals surface area contributed by atoms with Gasteiger partial charge in [0.05, 0.1) is 38.3 Å². The van der Waals surface area contributed by atoms with E-state index in [9.17, 15) is 10.1 Å². The van der Waals surface area contributed by atoms with E-state index in [1.165, 1.54) is 12.1 Å². The van der Waals surface area contributed by atoms with Gasteiger partial charge in [0.25, 0.3) is 5.69 Å². The van der Waals surface area contributed by atoms with E-state index < -0.39 is 4.92 Å². The van der Waals surface area contributed by atoms with Crippen molar-refractivity contribution >= 4 is 28.4 Å². The zero-order chi connectivity index (χ0) is 27.7. The molecule has 0 saturated carbocycles. The van der Waals surface area contributed by atoms with E-state index in [0.717, 1.165) is 54.0 Å². The first-order valence-electron chi connectivity index (χ1n) is 13.0. The van der Waals surface area contributed by atoms with Crippen LogP contribution in [0.25, 0.3) is 0 Å². The lowest BCUT2D eigenvalue weighted by atomic mass is 10.2. The van der Waals surface area contributed by atoms with Crippen molar-refractivity contribution in [3.63, 3.8) is 0 Å². The van der Waals surface area contributed by atoms with Crippen LogP contribution in [0, 0.1) is 17.0 Å². The highest BCUT2D eigenvalue weighted by molar-refractivity contribution is 5.64. The number of non-ortho nitro benzene ring substituents is 1. The van der Waals surface area contributed by atoms with Crippen molar-refractivity contribution in [2.75, 3.05) is 57.5 Å². The molecule has 0 bridgehead atoms. The third-order valence-electron chi connectivity index (χ3n) is 6.09. The van der Waals surface area contributed by atoms with Crippen LogP contribution in [0.5, 0.6) is 11.5 Å². The van der Waals surface area contributed by atoms with E-state index in [1.807, 2.05) is 36.4 Å². The summed E-state index contributed by atoms with van der Waals surface area (Å²) in [5, 5.41) is 23.1. The first-order chi connectivity index (χ1) is 18.1. The Morgan fingerprint density at radius 1 is 1.00 bits per heavy atom. The molecule has 0 fully saturated rings. The van der Waals surface area contributed by atoms with Crippen molar-refractivity contribution in [2.24, 2.45) is 10.2 Å². The van der Waals surface area contributed by atoms with Gasteiger partial charge in [0.15, 0.2) is 5.75 Å². The highest BCUT2D eigenvalue weighted by Gasteiger charge is 2.14. The molecule has 1 N–H and O–H groups in total. The minimum Gasteiger partial charge on any atom is -0.455 e. The summed E-state index contributed by atoms with van der Waals surface area (Å²) in [6.45, 7) is 9.97. The zero-order valence-corrected chi connectivity index (χ0v) is 23.3. The van der Waals surface area contributed by atoms with E-state index in [1.54, 1.807) is 12.1 Å². The number of hydrogen-bond acceptors (Lipinski definition) is 7. The van der Waals surface area contributed by atoms with E-state index in [4.69, 9.17) is 4.74 Å². The minimum atomic E-state index is -0.436. The number of quaternary nitrogens is 1. The average Bonchev–Trinajstić information content (AvgIpc) is 2.87. The number of nitrogens with one attached hydrogen (secondary N) is 1. The van der Waals surface area contributed by atoms with Crippen LogP contribution in [0.3, 0.4) is 0 Å². The van der Waals surface area contributed by atoms with E-state index in [0.29, 0.717) is 22.9 Å². The van der Waals surface area contributed by atoms with Crippen molar-refractivity contribution in [1.29, 1.82) is 0 Å². The molecule has 0 aromatic heterocycles. The lowest BCUT2D eigenvalue weighted by Crippen LogP contribution is -2.37. The molecule has 3 rings (SSSR count). The molecule has 38 heavy (non-hydrogen) atoms. The van der Waals surface area contributed by atoms with Crippen LogP contribution in [0.4, 0.5) is 28.4 Å². The van der Waals surface area contributed by atoms with Gasteiger partial charge in [-0.25, -0.2) is 0 Å². The maximum absolute atomic E-state index is 10.9. The Kier molecular flexibility index (Phi) is 9.78. The smallest absolute Gasteiger partial charge is 0.269 e. The fraction of sp³-hybridized carbons (Fsp3) is 0.379. The summed E-state index contributed by atoms with van der Waals surface area (Å²) in [5.74, 6) is 1.29. The standard InChI is InChI=1S/C29H39N6O3/c1-7-30-28-21-26(16-10-22(28)3)38-29-20-25(33(8-2)18-9-19-35(4,5)6)15-17-27(29)32-31-23-11-13-24(14-12-23)34(36)37/h10-17,20-21,30H,7-9,18-19H2,1-6H3/q+1/b32-31+. The van der Waals surface area contributed by atoms with Gasteiger partial charge in [-0.1, -0.05) is 6.07 Å². The van der Waals surface area contributed by atoms with Crippen LogP contribution in [-0.4, -0.2) is 56.7 Å². The van der Waals surface area contributed by atoms with E-state index >= 15 is 0 Å².